The van der Waals surface area contributed by atoms with Crippen LogP contribution in [-0.4, -0.2) is 13.0 Å². The Labute approximate surface area is 170 Å². The second-order valence-corrected chi connectivity index (χ2v) is 6.94. The van der Waals surface area contributed by atoms with Crippen LogP contribution in [0.15, 0.2) is 60.7 Å². The Morgan fingerprint density at radius 2 is 1.75 bits per heavy atom. The van der Waals surface area contributed by atoms with Crippen LogP contribution in [0.3, 0.4) is 0 Å². The van der Waals surface area contributed by atoms with Crippen molar-refractivity contribution in [1.82, 2.24) is 0 Å². The number of ether oxygens (including phenoxy) is 2. The van der Waals surface area contributed by atoms with Gasteiger partial charge in [0, 0.05) is 11.3 Å². The molecular formula is C23H22ClNO3. The van der Waals surface area contributed by atoms with Gasteiger partial charge in [-0.15, -0.1) is 0 Å². The SMILES string of the molecule is COc1cc(C(=O)Nc2ccccc2C)cc(Cl)c1OCc1ccc(C)cc1. The van der Waals surface area contributed by atoms with Gasteiger partial charge in [-0.25, -0.2) is 0 Å². The molecule has 4 nitrogen and oxygen atoms in total. The average molecular weight is 396 g/mol. The molecule has 0 saturated heterocycles. The molecule has 0 aliphatic carbocycles. The van der Waals surface area contributed by atoms with Crippen LogP contribution in [0.1, 0.15) is 27.0 Å². The summed E-state index contributed by atoms with van der Waals surface area (Å²) in [6.07, 6.45) is 0. The molecule has 0 fully saturated rings. The second-order valence-electron chi connectivity index (χ2n) is 6.53. The lowest BCUT2D eigenvalue weighted by atomic mass is 10.1. The molecule has 1 N–H and O–H groups in total. The topological polar surface area (TPSA) is 47.6 Å². The Morgan fingerprint density at radius 3 is 2.43 bits per heavy atom. The van der Waals surface area contributed by atoms with Gasteiger partial charge in [0.15, 0.2) is 11.5 Å². The molecule has 0 radical (unpaired) electrons. The van der Waals surface area contributed by atoms with E-state index in [-0.39, 0.29) is 5.91 Å². The fraction of sp³-hybridized carbons (Fsp3) is 0.174. The molecule has 0 unspecified atom stereocenters. The third-order valence-electron chi connectivity index (χ3n) is 4.39. The monoisotopic (exact) mass is 395 g/mol. The first-order chi connectivity index (χ1) is 13.5. The highest BCUT2D eigenvalue weighted by Gasteiger charge is 2.17. The molecule has 0 atom stereocenters. The van der Waals surface area contributed by atoms with E-state index in [4.69, 9.17) is 21.1 Å². The zero-order chi connectivity index (χ0) is 20.1. The molecule has 144 valence electrons. The highest BCUT2D eigenvalue weighted by molar-refractivity contribution is 6.32. The van der Waals surface area contributed by atoms with Gasteiger partial charge in [0.05, 0.1) is 12.1 Å². The highest BCUT2D eigenvalue weighted by atomic mass is 35.5. The predicted molar refractivity (Wildman–Crippen MR) is 113 cm³/mol. The van der Waals surface area contributed by atoms with Crippen molar-refractivity contribution < 1.29 is 14.3 Å². The Bertz CT molecular complexity index is 984. The van der Waals surface area contributed by atoms with Crippen molar-refractivity contribution in [2.45, 2.75) is 20.5 Å². The molecule has 0 aliphatic heterocycles. The number of benzene rings is 3. The smallest absolute Gasteiger partial charge is 0.255 e. The summed E-state index contributed by atoms with van der Waals surface area (Å²) in [7, 11) is 1.52. The van der Waals surface area contributed by atoms with Crippen molar-refractivity contribution in [2.24, 2.45) is 0 Å². The fourth-order valence-electron chi connectivity index (χ4n) is 2.74. The van der Waals surface area contributed by atoms with Gasteiger partial charge in [0.2, 0.25) is 0 Å². The third kappa shape index (κ3) is 4.65. The van der Waals surface area contributed by atoms with Crippen LogP contribution >= 0.6 is 11.6 Å². The van der Waals surface area contributed by atoms with Gasteiger partial charge < -0.3 is 14.8 Å². The molecule has 0 heterocycles. The summed E-state index contributed by atoms with van der Waals surface area (Å²) in [6.45, 7) is 4.32. The zero-order valence-corrected chi connectivity index (χ0v) is 16.8. The molecule has 0 aromatic heterocycles. The second kappa shape index (κ2) is 8.81. The van der Waals surface area contributed by atoms with Gasteiger partial charge in [0.1, 0.15) is 6.61 Å². The average Bonchev–Trinajstić information content (AvgIpc) is 2.69. The number of amides is 1. The summed E-state index contributed by atoms with van der Waals surface area (Å²) in [4.78, 5) is 12.6. The summed E-state index contributed by atoms with van der Waals surface area (Å²) in [6, 6.07) is 18.8. The lowest BCUT2D eigenvalue weighted by Gasteiger charge is -2.15. The van der Waals surface area contributed by atoms with E-state index in [0.29, 0.717) is 28.7 Å². The van der Waals surface area contributed by atoms with Gasteiger partial charge in [-0.2, -0.15) is 0 Å². The number of anilines is 1. The van der Waals surface area contributed by atoms with E-state index in [1.807, 2.05) is 62.4 Å². The van der Waals surface area contributed by atoms with Crippen LogP contribution in [0.2, 0.25) is 5.02 Å². The number of halogens is 1. The predicted octanol–water partition coefficient (Wildman–Crippen LogP) is 5.80. The molecule has 5 heteroatoms. The first-order valence-corrected chi connectivity index (χ1v) is 9.28. The zero-order valence-electron chi connectivity index (χ0n) is 16.1. The van der Waals surface area contributed by atoms with Gasteiger partial charge in [-0.05, 0) is 43.2 Å². The minimum absolute atomic E-state index is 0.264. The fourth-order valence-corrected chi connectivity index (χ4v) is 3.00. The maximum Gasteiger partial charge on any atom is 0.255 e. The van der Waals surface area contributed by atoms with Crippen molar-refractivity contribution in [3.63, 3.8) is 0 Å². The van der Waals surface area contributed by atoms with E-state index in [0.717, 1.165) is 16.8 Å². The highest BCUT2D eigenvalue weighted by Crippen LogP contribution is 2.37. The summed E-state index contributed by atoms with van der Waals surface area (Å²) in [5.41, 5.74) is 4.33. The van der Waals surface area contributed by atoms with Crippen LogP contribution < -0.4 is 14.8 Å². The Hall–Kier alpha value is -2.98. The quantitative estimate of drug-likeness (QED) is 0.574. The lowest BCUT2D eigenvalue weighted by molar-refractivity contribution is 0.102. The van der Waals surface area contributed by atoms with Crippen LogP contribution in [0.5, 0.6) is 11.5 Å². The van der Waals surface area contributed by atoms with Crippen molar-refractivity contribution in [3.8, 4) is 11.5 Å². The first-order valence-electron chi connectivity index (χ1n) is 8.91. The van der Waals surface area contributed by atoms with Crippen LogP contribution in [0.4, 0.5) is 5.69 Å². The molecule has 3 rings (SSSR count). The Morgan fingerprint density at radius 1 is 1.04 bits per heavy atom. The van der Waals surface area contributed by atoms with Gasteiger partial charge >= 0.3 is 0 Å². The third-order valence-corrected chi connectivity index (χ3v) is 4.67. The van der Waals surface area contributed by atoms with Gasteiger partial charge in [0.25, 0.3) is 5.91 Å². The van der Waals surface area contributed by atoms with Crippen LogP contribution in [-0.2, 0) is 6.61 Å². The Balaban J connectivity index is 1.79. The molecule has 3 aromatic carbocycles. The molecular weight excluding hydrogens is 374 g/mol. The van der Waals surface area contributed by atoms with Crippen LogP contribution in [0, 0.1) is 13.8 Å². The van der Waals surface area contributed by atoms with Crippen molar-refractivity contribution in [1.29, 1.82) is 0 Å². The Kier molecular flexibility index (Phi) is 6.22. The summed E-state index contributed by atoms with van der Waals surface area (Å²) in [5.74, 6) is 0.561. The summed E-state index contributed by atoms with van der Waals surface area (Å²) in [5, 5.41) is 3.21. The minimum Gasteiger partial charge on any atom is -0.493 e. The van der Waals surface area contributed by atoms with Crippen molar-refractivity contribution in [3.05, 3.63) is 87.9 Å². The molecule has 1 amide bonds. The first kappa shape index (κ1) is 19.8. The number of nitrogens with one attached hydrogen (secondary N) is 1. The van der Waals surface area contributed by atoms with E-state index in [1.54, 1.807) is 12.1 Å². The molecule has 0 saturated carbocycles. The minimum atomic E-state index is -0.264. The van der Waals surface area contributed by atoms with E-state index in [1.165, 1.54) is 12.7 Å². The maximum absolute atomic E-state index is 12.6. The normalized spacial score (nSPS) is 10.4. The van der Waals surface area contributed by atoms with Crippen LogP contribution in [0.25, 0.3) is 0 Å². The number of hydrogen-bond acceptors (Lipinski definition) is 3. The number of carbonyl (C=O) groups excluding carboxylic acids is 1. The maximum atomic E-state index is 12.6. The largest absolute Gasteiger partial charge is 0.493 e. The lowest BCUT2D eigenvalue weighted by Crippen LogP contribution is -2.13. The molecule has 0 spiro atoms. The number of para-hydroxylation sites is 1. The molecule has 28 heavy (non-hydrogen) atoms. The molecule has 3 aromatic rings. The van der Waals surface area contributed by atoms with Crippen molar-refractivity contribution >= 4 is 23.2 Å². The standard InChI is InChI=1S/C23H22ClNO3/c1-15-8-10-17(11-9-15)14-28-22-19(24)12-18(13-21(22)27-3)23(26)25-20-7-5-4-6-16(20)2/h4-13H,14H2,1-3H3,(H,25,26). The number of carbonyl (C=O) groups is 1. The van der Waals surface area contributed by atoms with Gasteiger partial charge in [-0.1, -0.05) is 59.6 Å². The number of rotatable bonds is 6. The van der Waals surface area contributed by atoms with E-state index in [9.17, 15) is 4.79 Å². The summed E-state index contributed by atoms with van der Waals surface area (Å²) >= 11 is 6.40. The van der Waals surface area contributed by atoms with Gasteiger partial charge in [-0.3, -0.25) is 4.79 Å². The van der Waals surface area contributed by atoms with E-state index < -0.39 is 0 Å². The van der Waals surface area contributed by atoms with Crippen molar-refractivity contribution in [2.75, 3.05) is 12.4 Å². The number of hydrogen-bond donors (Lipinski definition) is 1. The van der Waals surface area contributed by atoms with E-state index >= 15 is 0 Å². The molecule has 0 bridgehead atoms. The van der Waals surface area contributed by atoms with E-state index in [2.05, 4.69) is 5.32 Å². The summed E-state index contributed by atoms with van der Waals surface area (Å²) < 4.78 is 11.3. The number of methoxy groups -OCH3 is 1. The number of aryl methyl sites for hydroxylation is 2. The molecule has 0 aliphatic rings.